The van der Waals surface area contributed by atoms with E-state index in [2.05, 4.69) is 15.3 Å². The zero-order valence-corrected chi connectivity index (χ0v) is 29.7. The van der Waals surface area contributed by atoms with Gasteiger partial charge in [-0.1, -0.05) is 0 Å². The van der Waals surface area contributed by atoms with Crippen LogP contribution in [-0.2, 0) is 11.0 Å². The molecule has 9 rings (SSSR count). The molecule has 5 saturated carbocycles. The number of benzene rings is 1. The topological polar surface area (TPSA) is 110 Å². The highest BCUT2D eigenvalue weighted by Crippen LogP contribution is 2.58. The summed E-state index contributed by atoms with van der Waals surface area (Å²) in [6, 6.07) is 4.36. The molecule has 2 aromatic heterocycles. The second-order valence-corrected chi connectivity index (χ2v) is 16.3. The van der Waals surface area contributed by atoms with Crippen LogP contribution in [0.15, 0.2) is 30.6 Å². The number of fused-ring (bicyclic) bond motifs is 1. The van der Waals surface area contributed by atoms with Gasteiger partial charge in [-0.3, -0.25) is 9.69 Å². The Balaban J connectivity index is 1.11. The minimum atomic E-state index is -5.13. The van der Waals surface area contributed by atoms with Crippen LogP contribution in [0.5, 0.6) is 5.75 Å². The van der Waals surface area contributed by atoms with Gasteiger partial charge in [0.25, 0.3) is 5.91 Å². The van der Waals surface area contributed by atoms with E-state index in [1.807, 2.05) is 0 Å². The van der Waals surface area contributed by atoms with Crippen molar-refractivity contribution >= 4 is 22.8 Å². The van der Waals surface area contributed by atoms with Crippen LogP contribution in [0.4, 0.5) is 35.1 Å². The van der Waals surface area contributed by atoms with Crippen molar-refractivity contribution in [2.45, 2.75) is 107 Å². The predicted molar refractivity (Wildman–Crippen MR) is 181 cm³/mol. The number of ether oxygens (including phenoxy) is 1. The molecule has 6 aliphatic rings. The summed E-state index contributed by atoms with van der Waals surface area (Å²) >= 11 is 0. The minimum absolute atomic E-state index is 0.0849. The number of piperidine rings is 1. The van der Waals surface area contributed by atoms with Gasteiger partial charge in [-0.2, -0.15) is 26.3 Å². The van der Waals surface area contributed by atoms with E-state index in [9.17, 15) is 49.8 Å². The van der Waals surface area contributed by atoms with Gasteiger partial charge in [0, 0.05) is 61.4 Å². The maximum absolute atomic E-state index is 14.8. The second-order valence-electron chi connectivity index (χ2n) is 16.3. The maximum Gasteiger partial charge on any atom is 0.434 e. The number of likely N-dealkylation sites (tertiary alicyclic amines) is 1. The molecule has 0 radical (unpaired) electrons. The maximum atomic E-state index is 14.8. The summed E-state index contributed by atoms with van der Waals surface area (Å²) < 4.78 is 119. The third kappa shape index (κ3) is 7.25. The Morgan fingerprint density at radius 2 is 1.56 bits per heavy atom. The van der Waals surface area contributed by atoms with Crippen LogP contribution in [0, 0.1) is 23.7 Å². The molecule has 1 amide bonds. The van der Waals surface area contributed by atoms with Crippen LogP contribution in [0.2, 0.25) is 0 Å². The fraction of sp³-hybridized carbons (Fsp3) is 0.632. The molecule has 6 fully saturated rings. The molecule has 1 saturated heterocycles. The summed E-state index contributed by atoms with van der Waals surface area (Å²) in [5.41, 5.74) is -3.52. The van der Waals surface area contributed by atoms with Crippen molar-refractivity contribution in [2.75, 3.05) is 19.6 Å². The first-order valence-electron chi connectivity index (χ1n) is 18.9. The highest BCUT2D eigenvalue weighted by Gasteiger charge is 2.62. The summed E-state index contributed by atoms with van der Waals surface area (Å²) in [5.74, 6) is -5.48. The molecule has 0 atom stereocenters. The van der Waals surface area contributed by atoms with Gasteiger partial charge in [-0.15, -0.1) is 0 Å². The number of aromatic nitrogens is 3. The first-order chi connectivity index (χ1) is 25.9. The monoisotopic (exact) mass is 783 g/mol. The molecule has 17 heteroatoms. The van der Waals surface area contributed by atoms with E-state index >= 15 is 0 Å². The van der Waals surface area contributed by atoms with E-state index in [1.165, 1.54) is 11.1 Å². The lowest BCUT2D eigenvalue weighted by Crippen LogP contribution is -2.70. The number of carboxylic acids is 1. The Bertz CT molecular complexity index is 1930. The molecule has 298 valence electrons. The number of hydrogen-bond donors (Lipinski definition) is 2. The zero-order chi connectivity index (χ0) is 39.1. The van der Waals surface area contributed by atoms with Crippen molar-refractivity contribution in [1.82, 2.24) is 24.8 Å². The van der Waals surface area contributed by atoms with Crippen molar-refractivity contribution in [1.29, 1.82) is 0 Å². The van der Waals surface area contributed by atoms with Crippen LogP contribution in [-0.4, -0.2) is 79.8 Å². The molecule has 2 N–H and O–H groups in total. The van der Waals surface area contributed by atoms with Crippen molar-refractivity contribution < 1.29 is 54.6 Å². The van der Waals surface area contributed by atoms with Gasteiger partial charge in [0.15, 0.2) is 11.5 Å². The van der Waals surface area contributed by atoms with Gasteiger partial charge in [0.1, 0.15) is 17.4 Å². The SMILES string of the molecule is O=C(NC1(C(=O)O)C2CC3CC(C2)CC1C3)c1cnc(-c2cn(C3CCC(F)(F)CC3)c3cc(OC4CCN(CC(F)(F)F)CC4)ccc23)nc1C(F)(F)F. The second kappa shape index (κ2) is 13.6. The van der Waals surface area contributed by atoms with Crippen molar-refractivity contribution in [3.8, 4) is 17.1 Å². The van der Waals surface area contributed by atoms with Gasteiger partial charge in [-0.25, -0.2) is 23.5 Å². The van der Waals surface area contributed by atoms with E-state index in [0.29, 0.717) is 67.0 Å². The van der Waals surface area contributed by atoms with Crippen LogP contribution < -0.4 is 10.1 Å². The third-order valence-corrected chi connectivity index (χ3v) is 12.8. The molecule has 55 heavy (non-hydrogen) atoms. The van der Waals surface area contributed by atoms with E-state index in [-0.39, 0.29) is 37.3 Å². The Morgan fingerprint density at radius 3 is 2.15 bits per heavy atom. The number of carbonyl (C=O) groups is 2. The highest BCUT2D eigenvalue weighted by molar-refractivity contribution is 6.00. The van der Waals surface area contributed by atoms with E-state index in [4.69, 9.17) is 4.74 Å². The molecule has 9 nitrogen and oxygen atoms in total. The Labute approximate surface area is 310 Å². The van der Waals surface area contributed by atoms with Crippen molar-refractivity contribution in [3.05, 3.63) is 41.9 Å². The molecule has 3 aromatic rings. The van der Waals surface area contributed by atoms with Crippen LogP contribution >= 0.6 is 0 Å². The Morgan fingerprint density at radius 1 is 0.927 bits per heavy atom. The number of nitrogens with one attached hydrogen (secondary N) is 1. The number of carboxylic acid groups (broad SMARTS) is 1. The van der Waals surface area contributed by atoms with E-state index in [1.54, 1.807) is 22.8 Å². The van der Waals surface area contributed by atoms with E-state index in [0.717, 1.165) is 12.6 Å². The number of halogens is 8. The summed E-state index contributed by atoms with van der Waals surface area (Å²) in [6.45, 7) is -0.665. The molecular formula is C38H41F8N5O4. The average Bonchev–Trinajstić information content (AvgIpc) is 3.48. The molecule has 1 aromatic carbocycles. The first kappa shape index (κ1) is 37.9. The van der Waals surface area contributed by atoms with E-state index < -0.39 is 90.3 Å². The van der Waals surface area contributed by atoms with Gasteiger partial charge in [-0.05, 0) is 93.6 Å². The van der Waals surface area contributed by atoms with Crippen molar-refractivity contribution in [2.24, 2.45) is 23.7 Å². The molecule has 1 aliphatic heterocycles. The summed E-state index contributed by atoms with van der Waals surface area (Å²) in [5, 5.41) is 13.4. The summed E-state index contributed by atoms with van der Waals surface area (Å²) in [7, 11) is 0. The molecular weight excluding hydrogens is 742 g/mol. The summed E-state index contributed by atoms with van der Waals surface area (Å²) in [4.78, 5) is 35.9. The number of hydrogen-bond acceptors (Lipinski definition) is 6. The number of nitrogens with zero attached hydrogens (tertiary/aromatic N) is 4. The van der Waals surface area contributed by atoms with Crippen molar-refractivity contribution in [3.63, 3.8) is 0 Å². The largest absolute Gasteiger partial charge is 0.490 e. The quantitative estimate of drug-likeness (QED) is 0.222. The number of amides is 1. The molecule has 5 aliphatic carbocycles. The van der Waals surface area contributed by atoms with Crippen LogP contribution in [0.1, 0.15) is 92.7 Å². The lowest BCUT2D eigenvalue weighted by atomic mass is 9.48. The number of rotatable bonds is 8. The average molecular weight is 784 g/mol. The van der Waals surface area contributed by atoms with Gasteiger partial charge < -0.3 is 19.7 Å². The lowest BCUT2D eigenvalue weighted by Gasteiger charge is -2.59. The fourth-order valence-corrected chi connectivity index (χ4v) is 10.4. The fourth-order valence-electron chi connectivity index (χ4n) is 10.4. The van der Waals surface area contributed by atoms with Crippen LogP contribution in [0.3, 0.4) is 0 Å². The molecule has 4 bridgehead atoms. The predicted octanol–water partition coefficient (Wildman–Crippen LogP) is 8.28. The smallest absolute Gasteiger partial charge is 0.434 e. The summed E-state index contributed by atoms with van der Waals surface area (Å²) in [6.07, 6.45) is -4.19. The number of aliphatic carboxylic acids is 1. The first-order valence-corrected chi connectivity index (χ1v) is 18.9. The number of carbonyl (C=O) groups excluding carboxylic acids is 1. The van der Waals surface area contributed by atoms with Gasteiger partial charge in [0.05, 0.1) is 17.6 Å². The molecule has 0 unspecified atom stereocenters. The third-order valence-electron chi connectivity index (χ3n) is 12.8. The lowest BCUT2D eigenvalue weighted by molar-refractivity contribution is -0.163. The Hall–Kier alpha value is -4.02. The molecule has 3 heterocycles. The Kier molecular flexibility index (Phi) is 9.35. The van der Waals surface area contributed by atoms with Crippen LogP contribution in [0.25, 0.3) is 22.3 Å². The van der Waals surface area contributed by atoms with Gasteiger partial charge in [0.2, 0.25) is 5.92 Å². The van der Waals surface area contributed by atoms with Gasteiger partial charge >= 0.3 is 18.3 Å². The molecule has 0 spiro atoms. The normalized spacial score (nSPS) is 28.8. The standard InChI is InChI=1S/C38H41F8N5O4/c39-35(40)7-3-24(4-8-35)51-18-29(27-2-1-26(16-30(27)51)55-25-5-9-50(10-6-25)19-36(41,42)43)32-47-17-28(31(48-32)38(44,45)46)33(52)49-37(34(53)54)22-12-20-11-21(14-22)15-23(37)13-20/h1-2,16-18,20-25H,3-15,19H2,(H,49,52)(H,53,54). The number of alkyl halides is 8. The highest BCUT2D eigenvalue weighted by atomic mass is 19.4. The minimum Gasteiger partial charge on any atom is -0.490 e. The zero-order valence-electron chi connectivity index (χ0n) is 29.7.